The van der Waals surface area contributed by atoms with Gasteiger partial charge in [0.1, 0.15) is 6.07 Å². The number of nitriles is 1. The normalized spacial score (nSPS) is 9.78. The number of aromatic carboxylic acids is 1. The summed E-state index contributed by atoms with van der Waals surface area (Å²) in [6, 6.07) is 7.58. The summed E-state index contributed by atoms with van der Waals surface area (Å²) in [5.74, 6) is -1.43. The van der Waals surface area contributed by atoms with Crippen molar-refractivity contribution in [1.29, 1.82) is 5.26 Å². The topological polar surface area (TPSA) is 86.9 Å². The second-order valence-corrected chi connectivity index (χ2v) is 3.71. The van der Waals surface area contributed by atoms with Crippen molar-refractivity contribution in [1.82, 2.24) is 9.97 Å². The van der Waals surface area contributed by atoms with Crippen molar-refractivity contribution in [3.8, 4) is 17.2 Å². The van der Waals surface area contributed by atoms with Crippen molar-refractivity contribution < 1.29 is 9.90 Å². The standard InChI is InChI=1S/C13H9N3O2/c1-8-3-2-4-10(11(8)5-14)9-6-15-12(13(17)18)16-7-9/h2-4,6-7H,1H3,(H,17,18). The van der Waals surface area contributed by atoms with Gasteiger partial charge in [0.15, 0.2) is 0 Å². The molecule has 1 N–H and O–H groups in total. The number of aryl methyl sites for hydroxylation is 1. The molecule has 1 aromatic carbocycles. The summed E-state index contributed by atoms with van der Waals surface area (Å²) in [5.41, 5.74) is 2.73. The van der Waals surface area contributed by atoms with Gasteiger partial charge in [-0.1, -0.05) is 18.2 Å². The van der Waals surface area contributed by atoms with Crippen LogP contribution in [0.2, 0.25) is 0 Å². The van der Waals surface area contributed by atoms with Crippen molar-refractivity contribution in [2.24, 2.45) is 0 Å². The summed E-state index contributed by atoms with van der Waals surface area (Å²) >= 11 is 0. The maximum Gasteiger partial charge on any atom is 0.373 e. The van der Waals surface area contributed by atoms with Crippen LogP contribution < -0.4 is 0 Å². The minimum absolute atomic E-state index is 0.259. The molecule has 0 aliphatic rings. The number of carbonyl (C=O) groups is 1. The van der Waals surface area contributed by atoms with Crippen molar-refractivity contribution in [3.05, 3.63) is 47.5 Å². The Kier molecular flexibility index (Phi) is 3.02. The van der Waals surface area contributed by atoms with E-state index in [4.69, 9.17) is 10.4 Å². The van der Waals surface area contributed by atoms with E-state index < -0.39 is 5.97 Å². The molecule has 0 radical (unpaired) electrons. The van der Waals surface area contributed by atoms with Gasteiger partial charge in [-0.05, 0) is 12.5 Å². The molecule has 18 heavy (non-hydrogen) atoms. The fourth-order valence-corrected chi connectivity index (χ4v) is 1.63. The third-order valence-corrected chi connectivity index (χ3v) is 2.54. The predicted octanol–water partition coefficient (Wildman–Crippen LogP) is 2.02. The molecule has 0 saturated carbocycles. The maximum absolute atomic E-state index is 10.6. The van der Waals surface area contributed by atoms with Crippen LogP contribution in [0.1, 0.15) is 21.7 Å². The summed E-state index contributed by atoms with van der Waals surface area (Å²) in [6.45, 7) is 1.84. The van der Waals surface area contributed by atoms with E-state index in [0.717, 1.165) is 5.56 Å². The molecule has 0 unspecified atom stereocenters. The number of rotatable bonds is 2. The molecule has 88 valence electrons. The van der Waals surface area contributed by atoms with E-state index in [2.05, 4.69) is 16.0 Å². The van der Waals surface area contributed by atoms with Crippen molar-refractivity contribution in [2.45, 2.75) is 6.92 Å². The third kappa shape index (κ3) is 2.04. The lowest BCUT2D eigenvalue weighted by molar-refractivity contribution is 0.0683. The van der Waals surface area contributed by atoms with E-state index in [1.54, 1.807) is 6.07 Å². The van der Waals surface area contributed by atoms with Gasteiger partial charge >= 0.3 is 5.97 Å². The van der Waals surface area contributed by atoms with Gasteiger partial charge in [-0.15, -0.1) is 0 Å². The Hall–Kier alpha value is -2.74. The molecule has 0 saturated heterocycles. The van der Waals surface area contributed by atoms with Crippen LogP contribution in [0.4, 0.5) is 0 Å². The average Bonchev–Trinajstić information content (AvgIpc) is 2.38. The molecule has 2 aromatic rings. The quantitative estimate of drug-likeness (QED) is 0.866. The molecular formula is C13H9N3O2. The Bertz CT molecular complexity index is 642. The number of hydrogen-bond donors (Lipinski definition) is 1. The summed E-state index contributed by atoms with van der Waals surface area (Å²) in [7, 11) is 0. The number of aromatic nitrogens is 2. The van der Waals surface area contributed by atoms with E-state index in [0.29, 0.717) is 16.7 Å². The van der Waals surface area contributed by atoms with Gasteiger partial charge in [0.05, 0.1) is 5.56 Å². The first-order chi connectivity index (χ1) is 8.63. The van der Waals surface area contributed by atoms with Crippen LogP contribution >= 0.6 is 0 Å². The molecule has 0 atom stereocenters. The molecule has 0 aliphatic carbocycles. The number of nitrogens with zero attached hydrogens (tertiary/aromatic N) is 3. The Morgan fingerprint density at radius 2 is 2.00 bits per heavy atom. The zero-order valence-electron chi connectivity index (χ0n) is 9.58. The highest BCUT2D eigenvalue weighted by molar-refractivity contribution is 5.83. The van der Waals surface area contributed by atoms with E-state index >= 15 is 0 Å². The molecule has 0 amide bonds. The molecule has 5 heteroatoms. The zero-order chi connectivity index (χ0) is 13.1. The van der Waals surface area contributed by atoms with Crippen molar-refractivity contribution >= 4 is 5.97 Å². The monoisotopic (exact) mass is 239 g/mol. The highest BCUT2D eigenvalue weighted by Crippen LogP contribution is 2.24. The Morgan fingerprint density at radius 1 is 1.33 bits per heavy atom. The highest BCUT2D eigenvalue weighted by atomic mass is 16.4. The Labute approximate surface area is 103 Å². The first-order valence-corrected chi connectivity index (χ1v) is 5.19. The van der Waals surface area contributed by atoms with Crippen LogP contribution in [0.3, 0.4) is 0 Å². The molecule has 0 bridgehead atoms. The van der Waals surface area contributed by atoms with Crippen LogP contribution in [0.5, 0.6) is 0 Å². The molecular weight excluding hydrogens is 230 g/mol. The van der Waals surface area contributed by atoms with Gasteiger partial charge in [-0.2, -0.15) is 5.26 Å². The SMILES string of the molecule is Cc1cccc(-c2cnc(C(=O)O)nc2)c1C#N. The lowest BCUT2D eigenvalue weighted by atomic mass is 9.99. The minimum Gasteiger partial charge on any atom is -0.475 e. The summed E-state index contributed by atoms with van der Waals surface area (Å²) in [4.78, 5) is 18.1. The van der Waals surface area contributed by atoms with E-state index in [9.17, 15) is 4.79 Å². The fraction of sp³-hybridized carbons (Fsp3) is 0.0769. The fourth-order valence-electron chi connectivity index (χ4n) is 1.63. The van der Waals surface area contributed by atoms with Gasteiger partial charge in [-0.3, -0.25) is 0 Å². The van der Waals surface area contributed by atoms with Crippen LogP contribution in [-0.2, 0) is 0 Å². The van der Waals surface area contributed by atoms with Gasteiger partial charge in [0.25, 0.3) is 0 Å². The lowest BCUT2D eigenvalue weighted by Gasteiger charge is -2.05. The smallest absolute Gasteiger partial charge is 0.373 e. The minimum atomic E-state index is -1.17. The van der Waals surface area contributed by atoms with Gasteiger partial charge in [0, 0.05) is 23.5 Å². The van der Waals surface area contributed by atoms with E-state index in [1.807, 2.05) is 19.1 Å². The van der Waals surface area contributed by atoms with Crippen LogP contribution in [0, 0.1) is 18.3 Å². The summed E-state index contributed by atoms with van der Waals surface area (Å²) in [6.07, 6.45) is 2.82. The summed E-state index contributed by atoms with van der Waals surface area (Å²) < 4.78 is 0. The predicted molar refractivity (Wildman–Crippen MR) is 63.9 cm³/mol. The largest absolute Gasteiger partial charge is 0.475 e. The van der Waals surface area contributed by atoms with Gasteiger partial charge in [-0.25, -0.2) is 14.8 Å². The average molecular weight is 239 g/mol. The molecule has 0 spiro atoms. The Balaban J connectivity index is 2.53. The van der Waals surface area contributed by atoms with E-state index in [1.165, 1.54) is 12.4 Å². The number of carboxylic acids is 1. The van der Waals surface area contributed by atoms with E-state index in [-0.39, 0.29) is 5.82 Å². The zero-order valence-corrected chi connectivity index (χ0v) is 9.58. The maximum atomic E-state index is 10.6. The second kappa shape index (κ2) is 4.63. The first-order valence-electron chi connectivity index (χ1n) is 5.19. The molecule has 2 rings (SSSR count). The molecule has 5 nitrogen and oxygen atoms in total. The summed E-state index contributed by atoms with van der Waals surface area (Å²) in [5, 5.41) is 17.8. The van der Waals surface area contributed by atoms with Crippen LogP contribution in [-0.4, -0.2) is 21.0 Å². The number of benzene rings is 1. The molecule has 1 aromatic heterocycles. The van der Waals surface area contributed by atoms with Crippen molar-refractivity contribution in [2.75, 3.05) is 0 Å². The molecule has 1 heterocycles. The van der Waals surface area contributed by atoms with Crippen molar-refractivity contribution in [3.63, 3.8) is 0 Å². The van der Waals surface area contributed by atoms with Crippen LogP contribution in [0.25, 0.3) is 11.1 Å². The second-order valence-electron chi connectivity index (χ2n) is 3.71. The third-order valence-electron chi connectivity index (χ3n) is 2.54. The molecule has 0 fully saturated rings. The van der Waals surface area contributed by atoms with Gasteiger partial charge < -0.3 is 5.11 Å². The molecule has 0 aliphatic heterocycles. The Morgan fingerprint density at radius 3 is 2.56 bits per heavy atom. The number of hydrogen-bond acceptors (Lipinski definition) is 4. The highest BCUT2D eigenvalue weighted by Gasteiger charge is 2.10. The number of carboxylic acid groups (broad SMARTS) is 1. The van der Waals surface area contributed by atoms with Gasteiger partial charge in [0.2, 0.25) is 5.82 Å². The van der Waals surface area contributed by atoms with Crippen LogP contribution in [0.15, 0.2) is 30.6 Å². The lowest BCUT2D eigenvalue weighted by Crippen LogP contribution is -2.03. The first kappa shape index (κ1) is 11.7.